The van der Waals surface area contributed by atoms with Crippen molar-refractivity contribution in [1.82, 2.24) is 9.55 Å². The Labute approximate surface area is 116 Å². The number of hydrogen-bond acceptors (Lipinski definition) is 3. The monoisotopic (exact) mass is 279 g/mol. The van der Waals surface area contributed by atoms with Gasteiger partial charge in [-0.1, -0.05) is 18.5 Å². The Bertz CT molecular complexity index is 595. The first-order chi connectivity index (χ1) is 9.11. The van der Waals surface area contributed by atoms with Gasteiger partial charge in [0, 0.05) is 35.5 Å². The van der Waals surface area contributed by atoms with Crippen molar-refractivity contribution in [1.29, 1.82) is 0 Å². The van der Waals surface area contributed by atoms with Crippen LogP contribution in [0.1, 0.15) is 24.7 Å². The van der Waals surface area contributed by atoms with Crippen LogP contribution in [-0.2, 0) is 13.0 Å². The van der Waals surface area contributed by atoms with Gasteiger partial charge in [0.1, 0.15) is 5.82 Å². The van der Waals surface area contributed by atoms with Gasteiger partial charge in [-0.3, -0.25) is 10.1 Å². The summed E-state index contributed by atoms with van der Waals surface area (Å²) in [5.74, 6) is 0.937. The van der Waals surface area contributed by atoms with E-state index in [0.29, 0.717) is 17.1 Å². The van der Waals surface area contributed by atoms with Crippen LogP contribution in [0.3, 0.4) is 0 Å². The summed E-state index contributed by atoms with van der Waals surface area (Å²) in [5, 5.41) is 11.4. The molecule has 0 saturated heterocycles. The number of hydrogen-bond donors (Lipinski definition) is 0. The second kappa shape index (κ2) is 5.84. The van der Waals surface area contributed by atoms with Gasteiger partial charge in [0.15, 0.2) is 0 Å². The first kappa shape index (κ1) is 13.5. The Balaban J connectivity index is 2.32. The maximum Gasteiger partial charge on any atom is 0.275 e. The first-order valence-electron chi connectivity index (χ1n) is 6.04. The van der Waals surface area contributed by atoms with E-state index in [1.54, 1.807) is 18.3 Å². The average molecular weight is 280 g/mol. The molecule has 0 N–H and O–H groups in total. The van der Waals surface area contributed by atoms with Crippen molar-refractivity contribution in [2.24, 2.45) is 0 Å². The van der Waals surface area contributed by atoms with E-state index in [-0.39, 0.29) is 5.69 Å². The van der Waals surface area contributed by atoms with Crippen molar-refractivity contribution in [3.63, 3.8) is 0 Å². The smallest absolute Gasteiger partial charge is 0.275 e. The molecule has 0 aliphatic carbocycles. The molecule has 0 fully saturated rings. The van der Waals surface area contributed by atoms with Crippen LogP contribution in [0.15, 0.2) is 30.6 Å². The molecule has 0 saturated carbocycles. The van der Waals surface area contributed by atoms with Crippen molar-refractivity contribution in [3.8, 4) is 0 Å². The fourth-order valence-electron chi connectivity index (χ4n) is 1.96. The Morgan fingerprint density at radius 1 is 1.47 bits per heavy atom. The predicted molar refractivity (Wildman–Crippen MR) is 73.4 cm³/mol. The minimum atomic E-state index is -0.405. The lowest BCUT2D eigenvalue weighted by Crippen LogP contribution is -2.06. The zero-order chi connectivity index (χ0) is 13.8. The van der Waals surface area contributed by atoms with E-state index in [9.17, 15) is 10.1 Å². The molecule has 2 rings (SSSR count). The van der Waals surface area contributed by atoms with Gasteiger partial charge in [-0.05, 0) is 18.6 Å². The molecule has 0 bridgehead atoms. The molecule has 1 heterocycles. The van der Waals surface area contributed by atoms with E-state index in [2.05, 4.69) is 11.9 Å². The topological polar surface area (TPSA) is 61.0 Å². The fraction of sp³-hybridized carbons (Fsp3) is 0.308. The number of benzene rings is 1. The zero-order valence-corrected chi connectivity index (χ0v) is 11.3. The molecule has 0 amide bonds. The van der Waals surface area contributed by atoms with Gasteiger partial charge in [0.05, 0.1) is 11.5 Å². The lowest BCUT2D eigenvalue weighted by atomic mass is 10.1. The van der Waals surface area contributed by atoms with Crippen LogP contribution < -0.4 is 0 Å². The predicted octanol–water partition coefficient (Wildman–Crippen LogP) is 3.45. The largest absolute Gasteiger partial charge is 0.330 e. The van der Waals surface area contributed by atoms with Crippen LogP contribution in [-0.4, -0.2) is 14.5 Å². The quantitative estimate of drug-likeness (QED) is 0.622. The van der Waals surface area contributed by atoms with Crippen molar-refractivity contribution >= 4 is 17.3 Å². The number of aryl methyl sites for hydroxylation is 1. The molecule has 100 valence electrons. The van der Waals surface area contributed by atoms with Crippen LogP contribution in [0.4, 0.5) is 5.69 Å². The molecule has 0 atom stereocenters. The Morgan fingerprint density at radius 2 is 2.26 bits per heavy atom. The molecule has 0 aliphatic rings. The summed E-state index contributed by atoms with van der Waals surface area (Å²) in [6, 6.07) is 4.74. The van der Waals surface area contributed by atoms with Gasteiger partial charge in [0.2, 0.25) is 0 Å². The molecular weight excluding hydrogens is 266 g/mol. The Morgan fingerprint density at radius 3 is 2.95 bits per heavy atom. The fourth-order valence-corrected chi connectivity index (χ4v) is 2.13. The highest BCUT2D eigenvalue weighted by atomic mass is 35.5. The molecule has 0 aliphatic heterocycles. The minimum absolute atomic E-state index is 0.0450. The molecule has 1 aromatic heterocycles. The maximum atomic E-state index is 11.0. The lowest BCUT2D eigenvalue weighted by Gasteiger charge is -2.08. The standard InChI is InChI=1S/C13H14ClN3O2/c1-2-3-13-15-6-7-16(13)9-10-4-5-11(14)8-12(10)17(18)19/h4-8H,2-3,9H2,1H3. The number of aromatic nitrogens is 2. The first-order valence-corrected chi connectivity index (χ1v) is 6.42. The number of nitro benzene ring substituents is 1. The highest BCUT2D eigenvalue weighted by Gasteiger charge is 2.15. The van der Waals surface area contributed by atoms with E-state index in [1.807, 2.05) is 10.8 Å². The third-order valence-corrected chi connectivity index (χ3v) is 3.10. The van der Waals surface area contributed by atoms with Crippen molar-refractivity contribution in [2.45, 2.75) is 26.3 Å². The summed E-state index contributed by atoms with van der Waals surface area (Å²) in [5.41, 5.74) is 0.674. The van der Waals surface area contributed by atoms with E-state index in [0.717, 1.165) is 18.7 Å². The second-order valence-corrected chi connectivity index (χ2v) is 4.69. The van der Waals surface area contributed by atoms with Crippen molar-refractivity contribution in [3.05, 3.63) is 57.1 Å². The number of halogens is 1. The lowest BCUT2D eigenvalue weighted by molar-refractivity contribution is -0.385. The second-order valence-electron chi connectivity index (χ2n) is 4.25. The van der Waals surface area contributed by atoms with Gasteiger partial charge in [-0.15, -0.1) is 0 Å². The maximum absolute atomic E-state index is 11.0. The highest BCUT2D eigenvalue weighted by Crippen LogP contribution is 2.24. The van der Waals surface area contributed by atoms with Crippen molar-refractivity contribution < 1.29 is 4.92 Å². The number of nitrogens with zero attached hydrogens (tertiary/aromatic N) is 3. The van der Waals surface area contributed by atoms with E-state index < -0.39 is 4.92 Å². The Hall–Kier alpha value is -1.88. The van der Waals surface area contributed by atoms with Crippen LogP contribution in [0.2, 0.25) is 5.02 Å². The molecule has 0 unspecified atom stereocenters. The molecule has 1 aromatic carbocycles. The summed E-state index contributed by atoms with van der Waals surface area (Å²) >= 11 is 5.80. The van der Waals surface area contributed by atoms with E-state index in [1.165, 1.54) is 6.07 Å². The van der Waals surface area contributed by atoms with Gasteiger partial charge in [-0.2, -0.15) is 0 Å². The van der Waals surface area contributed by atoms with Gasteiger partial charge >= 0.3 is 0 Å². The molecule has 5 nitrogen and oxygen atoms in total. The highest BCUT2D eigenvalue weighted by molar-refractivity contribution is 6.30. The van der Waals surface area contributed by atoms with Crippen LogP contribution in [0, 0.1) is 10.1 Å². The van der Waals surface area contributed by atoms with Gasteiger partial charge in [-0.25, -0.2) is 4.98 Å². The SMILES string of the molecule is CCCc1nccn1Cc1ccc(Cl)cc1[N+](=O)[O-]. The van der Waals surface area contributed by atoms with Gasteiger partial charge < -0.3 is 4.57 Å². The van der Waals surface area contributed by atoms with E-state index in [4.69, 9.17) is 11.6 Å². The summed E-state index contributed by atoms with van der Waals surface area (Å²) < 4.78 is 1.93. The third-order valence-electron chi connectivity index (χ3n) is 2.86. The average Bonchev–Trinajstić information content (AvgIpc) is 2.79. The normalized spacial score (nSPS) is 10.6. The summed E-state index contributed by atoms with van der Waals surface area (Å²) in [7, 11) is 0. The molecule has 0 spiro atoms. The molecule has 6 heteroatoms. The molecule has 2 aromatic rings. The third kappa shape index (κ3) is 3.12. The molecule has 19 heavy (non-hydrogen) atoms. The number of imidazole rings is 1. The summed E-state index contributed by atoms with van der Waals surface area (Å²) in [6.45, 7) is 2.51. The summed E-state index contributed by atoms with van der Waals surface area (Å²) in [4.78, 5) is 14.9. The van der Waals surface area contributed by atoms with Gasteiger partial charge in [0.25, 0.3) is 5.69 Å². The minimum Gasteiger partial charge on any atom is -0.330 e. The van der Waals surface area contributed by atoms with Crippen LogP contribution >= 0.6 is 11.6 Å². The number of rotatable bonds is 5. The van der Waals surface area contributed by atoms with Crippen LogP contribution in [0.5, 0.6) is 0 Å². The molecule has 0 radical (unpaired) electrons. The summed E-state index contributed by atoms with van der Waals surface area (Å²) in [6.07, 6.45) is 5.39. The molecular formula is C13H14ClN3O2. The van der Waals surface area contributed by atoms with E-state index >= 15 is 0 Å². The van der Waals surface area contributed by atoms with Crippen molar-refractivity contribution in [2.75, 3.05) is 0 Å². The Kier molecular flexibility index (Phi) is 4.16. The van der Waals surface area contributed by atoms with Crippen LogP contribution in [0.25, 0.3) is 0 Å². The zero-order valence-electron chi connectivity index (χ0n) is 10.5. The number of nitro groups is 1.